The molecule has 0 fully saturated rings. The highest BCUT2D eigenvalue weighted by molar-refractivity contribution is 5.65. The maximum atomic E-state index is 5.84. The van der Waals surface area contributed by atoms with Crippen LogP contribution in [0.25, 0.3) is 22.3 Å². The Hall–Kier alpha value is -6.00. The molecule has 2 N–H and O–H groups in total. The number of aromatic nitrogens is 4. The fourth-order valence-electron chi connectivity index (χ4n) is 5.21. The van der Waals surface area contributed by atoms with Crippen molar-refractivity contribution in [2.45, 2.75) is 20.8 Å². The lowest BCUT2D eigenvalue weighted by molar-refractivity contribution is 0.223. The van der Waals surface area contributed by atoms with Gasteiger partial charge in [-0.2, -0.15) is 0 Å². The van der Waals surface area contributed by atoms with E-state index in [9.17, 15) is 0 Å². The molecule has 2 aromatic heterocycles. The first kappa shape index (κ1) is 37.3. The lowest BCUT2D eigenvalue weighted by Crippen LogP contribution is -2.27. The van der Waals surface area contributed by atoms with E-state index in [4.69, 9.17) is 14.2 Å². The van der Waals surface area contributed by atoms with Crippen molar-refractivity contribution in [3.63, 3.8) is 0 Å². The molecular weight excluding hydrogens is 651 g/mol. The van der Waals surface area contributed by atoms with Crippen LogP contribution in [-0.4, -0.2) is 65.8 Å². The zero-order chi connectivity index (χ0) is 36.7. The van der Waals surface area contributed by atoms with Crippen molar-refractivity contribution in [2.24, 2.45) is 5.92 Å². The minimum Gasteiger partial charge on any atom is -0.497 e. The summed E-state index contributed by atoms with van der Waals surface area (Å²) < 4.78 is 16.2. The van der Waals surface area contributed by atoms with E-state index in [1.54, 1.807) is 14.2 Å². The van der Waals surface area contributed by atoms with Gasteiger partial charge in [-0.3, -0.25) is 0 Å². The number of anilines is 4. The highest BCUT2D eigenvalue weighted by atomic mass is 16.5. The number of hydrogen-bond donors (Lipinski definition) is 2. The van der Waals surface area contributed by atoms with Gasteiger partial charge in [-0.05, 0) is 91.7 Å². The maximum Gasteiger partial charge on any atom is 0.227 e. The average Bonchev–Trinajstić information content (AvgIpc) is 3.17. The first-order valence-corrected chi connectivity index (χ1v) is 17.2. The summed E-state index contributed by atoms with van der Waals surface area (Å²) in [7, 11) is 5.43. The van der Waals surface area contributed by atoms with Crippen molar-refractivity contribution in [2.75, 3.05) is 51.6 Å². The van der Waals surface area contributed by atoms with Crippen LogP contribution >= 0.6 is 0 Å². The Kier molecular flexibility index (Phi) is 13.5. The molecule has 0 amide bonds. The molecular formula is C42H47N7O3. The maximum absolute atomic E-state index is 5.84. The van der Waals surface area contributed by atoms with Crippen LogP contribution in [0.15, 0.2) is 122 Å². The summed E-state index contributed by atoms with van der Waals surface area (Å²) in [5, 5.41) is 6.38. The lowest BCUT2D eigenvalue weighted by Gasteiger charge is -2.19. The number of benzene rings is 4. The normalized spacial score (nSPS) is 10.7. The van der Waals surface area contributed by atoms with Crippen molar-refractivity contribution in [1.82, 2.24) is 24.8 Å². The number of nitrogens with one attached hydrogen (secondary N) is 2. The largest absolute Gasteiger partial charge is 0.497 e. The van der Waals surface area contributed by atoms with Gasteiger partial charge < -0.3 is 29.7 Å². The van der Waals surface area contributed by atoms with Crippen molar-refractivity contribution >= 4 is 23.3 Å². The highest BCUT2D eigenvalue weighted by Gasteiger charge is 2.05. The van der Waals surface area contributed by atoms with Crippen LogP contribution in [0.3, 0.4) is 0 Å². The summed E-state index contributed by atoms with van der Waals surface area (Å²) in [4.78, 5) is 19.8. The molecule has 10 nitrogen and oxygen atoms in total. The summed E-state index contributed by atoms with van der Waals surface area (Å²) in [6, 6.07) is 31.6. The molecule has 0 saturated carbocycles. The molecule has 0 aliphatic rings. The third-order valence-electron chi connectivity index (χ3n) is 7.99. The van der Waals surface area contributed by atoms with Gasteiger partial charge in [-0.1, -0.05) is 55.8 Å². The monoisotopic (exact) mass is 697 g/mol. The smallest absolute Gasteiger partial charge is 0.227 e. The molecule has 0 aliphatic heterocycles. The van der Waals surface area contributed by atoms with Gasteiger partial charge in [-0.25, -0.2) is 19.9 Å². The Morgan fingerprint density at radius 2 is 0.962 bits per heavy atom. The average molecular weight is 698 g/mol. The van der Waals surface area contributed by atoms with E-state index < -0.39 is 0 Å². The van der Waals surface area contributed by atoms with Crippen LogP contribution in [0.1, 0.15) is 19.4 Å². The molecule has 0 radical (unpaired) electrons. The Bertz CT molecular complexity index is 1920. The van der Waals surface area contributed by atoms with Crippen LogP contribution in [0.5, 0.6) is 17.2 Å². The quantitative estimate of drug-likeness (QED) is 0.115. The van der Waals surface area contributed by atoms with Crippen LogP contribution < -0.4 is 24.8 Å². The predicted octanol–water partition coefficient (Wildman–Crippen LogP) is 9.07. The van der Waals surface area contributed by atoms with Crippen LogP contribution in [-0.2, 0) is 0 Å². The molecule has 10 heteroatoms. The third kappa shape index (κ3) is 11.5. The summed E-state index contributed by atoms with van der Waals surface area (Å²) in [5.41, 5.74) is 7.18. The van der Waals surface area contributed by atoms with Gasteiger partial charge in [0.1, 0.15) is 23.9 Å². The van der Waals surface area contributed by atoms with Gasteiger partial charge in [0.05, 0.1) is 14.2 Å². The standard InChI is InChI=1S/C24H30N4O2.C18H17N3O/c1-18(2)17-28(3)13-14-30-23-11-7-21(8-12-23)27-24-25-15-20(16-26-24)19-5-9-22(29-4)10-6-19;1-13-3-5-14(6-4-13)15-11-19-18(20-12-15)21-16-7-9-17(22-2)10-8-16/h5-12,15-16,18H,13-14,17H2,1-4H3,(H,25,26,27);3-12H,1-2H3,(H,19,20,21). The fraction of sp³-hybridized carbons (Fsp3) is 0.238. The van der Waals surface area contributed by atoms with E-state index >= 15 is 0 Å². The van der Waals surface area contributed by atoms with E-state index in [1.165, 1.54) is 5.56 Å². The molecule has 0 bridgehead atoms. The predicted molar refractivity (Wildman–Crippen MR) is 210 cm³/mol. The fourth-order valence-corrected chi connectivity index (χ4v) is 5.21. The van der Waals surface area contributed by atoms with Crippen LogP contribution in [0.4, 0.5) is 23.3 Å². The summed E-state index contributed by atoms with van der Waals surface area (Å²) >= 11 is 0. The SMILES string of the molecule is COc1ccc(-c2cnc(Nc3ccc(OCCN(C)CC(C)C)cc3)nc2)cc1.COc1ccc(Nc2ncc(-c3ccc(C)cc3)cn2)cc1. The van der Waals surface area contributed by atoms with Crippen molar-refractivity contribution in [1.29, 1.82) is 0 Å². The molecule has 0 aliphatic carbocycles. The number of hydrogen-bond acceptors (Lipinski definition) is 10. The molecule has 0 spiro atoms. The second-order valence-corrected chi connectivity index (χ2v) is 12.7. The van der Waals surface area contributed by atoms with Gasteiger partial charge in [-0.15, -0.1) is 0 Å². The highest BCUT2D eigenvalue weighted by Crippen LogP contribution is 2.24. The Morgan fingerprint density at radius 1 is 0.558 bits per heavy atom. The number of aryl methyl sites for hydroxylation is 1. The van der Waals surface area contributed by atoms with E-state index in [0.29, 0.717) is 24.4 Å². The Balaban J connectivity index is 0.000000210. The first-order chi connectivity index (χ1) is 25.3. The number of likely N-dealkylation sites (N-methyl/N-ethyl adjacent to an activating group) is 1. The second kappa shape index (κ2) is 18.8. The molecule has 0 atom stereocenters. The molecule has 4 aromatic carbocycles. The summed E-state index contributed by atoms with van der Waals surface area (Å²) in [6.45, 7) is 9.17. The van der Waals surface area contributed by atoms with E-state index in [2.05, 4.69) is 87.6 Å². The Morgan fingerprint density at radius 3 is 1.38 bits per heavy atom. The van der Waals surface area contributed by atoms with Gasteiger partial charge in [0.25, 0.3) is 0 Å². The lowest BCUT2D eigenvalue weighted by atomic mass is 10.1. The van der Waals surface area contributed by atoms with E-state index in [0.717, 1.165) is 64.0 Å². The van der Waals surface area contributed by atoms with Crippen molar-refractivity contribution in [3.05, 3.63) is 127 Å². The minimum absolute atomic E-state index is 0.552. The topological polar surface area (TPSA) is 107 Å². The molecule has 0 unspecified atom stereocenters. The van der Waals surface area contributed by atoms with Gasteiger partial charge in [0, 0.05) is 60.4 Å². The molecule has 6 rings (SSSR count). The summed E-state index contributed by atoms with van der Waals surface area (Å²) in [6.07, 6.45) is 7.26. The molecule has 2 heterocycles. The van der Waals surface area contributed by atoms with E-state index in [1.807, 2.05) is 97.6 Å². The zero-order valence-corrected chi connectivity index (χ0v) is 30.7. The second-order valence-electron chi connectivity index (χ2n) is 12.7. The van der Waals surface area contributed by atoms with E-state index in [-0.39, 0.29) is 0 Å². The zero-order valence-electron chi connectivity index (χ0n) is 30.7. The molecule has 52 heavy (non-hydrogen) atoms. The Labute approximate surface area is 306 Å². The summed E-state index contributed by atoms with van der Waals surface area (Å²) in [5.74, 6) is 4.29. The molecule has 268 valence electrons. The first-order valence-electron chi connectivity index (χ1n) is 17.2. The molecule has 6 aromatic rings. The number of nitrogens with zero attached hydrogens (tertiary/aromatic N) is 5. The minimum atomic E-state index is 0.552. The van der Waals surface area contributed by atoms with Crippen LogP contribution in [0.2, 0.25) is 0 Å². The number of ether oxygens (including phenoxy) is 3. The van der Waals surface area contributed by atoms with Gasteiger partial charge in [0.2, 0.25) is 11.9 Å². The van der Waals surface area contributed by atoms with Crippen LogP contribution in [0, 0.1) is 12.8 Å². The van der Waals surface area contributed by atoms with Crippen molar-refractivity contribution < 1.29 is 14.2 Å². The number of methoxy groups -OCH3 is 2. The number of rotatable bonds is 14. The van der Waals surface area contributed by atoms with Crippen molar-refractivity contribution in [3.8, 4) is 39.5 Å². The molecule has 0 saturated heterocycles. The van der Waals surface area contributed by atoms with Gasteiger partial charge >= 0.3 is 0 Å². The third-order valence-corrected chi connectivity index (χ3v) is 7.99. The van der Waals surface area contributed by atoms with Gasteiger partial charge in [0.15, 0.2) is 0 Å².